The van der Waals surface area contributed by atoms with E-state index in [-0.39, 0.29) is 6.04 Å². The molecule has 5 nitrogen and oxygen atoms in total. The molecule has 3 heterocycles. The first-order valence-corrected chi connectivity index (χ1v) is 7.43. The van der Waals surface area contributed by atoms with E-state index in [1.807, 2.05) is 11.1 Å². The Kier molecular flexibility index (Phi) is 4.25. The summed E-state index contributed by atoms with van der Waals surface area (Å²) in [5.41, 5.74) is 0.408. The maximum atomic E-state index is 12.6. The quantitative estimate of drug-likeness (QED) is 0.942. The summed E-state index contributed by atoms with van der Waals surface area (Å²) >= 11 is 0. The van der Waals surface area contributed by atoms with Crippen molar-refractivity contribution in [3.05, 3.63) is 41.9 Å². The normalized spacial score (nSPS) is 20.0. The second kappa shape index (κ2) is 6.19. The largest absolute Gasteiger partial charge is 0.417 e. The minimum absolute atomic E-state index is 0.180. The molecule has 2 aromatic heterocycles. The van der Waals surface area contributed by atoms with Crippen LogP contribution in [0.4, 0.5) is 19.0 Å². The first-order chi connectivity index (χ1) is 10.9. The Bertz CT molecular complexity index is 624. The molecule has 1 atom stereocenters. The zero-order valence-electron chi connectivity index (χ0n) is 12.7. The second-order valence-corrected chi connectivity index (χ2v) is 5.79. The molecular weight excluding hydrogens is 307 g/mol. The van der Waals surface area contributed by atoms with Crippen molar-refractivity contribution in [3.63, 3.8) is 0 Å². The predicted octanol–water partition coefficient (Wildman–Crippen LogP) is 2.53. The van der Waals surface area contributed by atoms with Crippen LogP contribution in [-0.2, 0) is 12.7 Å². The summed E-state index contributed by atoms with van der Waals surface area (Å²) in [7, 11) is 0. The zero-order valence-corrected chi connectivity index (χ0v) is 12.7. The van der Waals surface area contributed by atoms with Crippen molar-refractivity contribution in [1.29, 1.82) is 0 Å². The number of hydrogen-bond donors (Lipinski definition) is 1. The molecule has 1 aliphatic heterocycles. The molecule has 0 radical (unpaired) electrons. The van der Waals surface area contributed by atoms with Gasteiger partial charge in [-0.2, -0.15) is 18.3 Å². The lowest BCUT2D eigenvalue weighted by Gasteiger charge is -2.40. The number of anilines is 1. The van der Waals surface area contributed by atoms with Crippen LogP contribution in [0.3, 0.4) is 0 Å². The Balaban J connectivity index is 1.64. The van der Waals surface area contributed by atoms with Crippen LogP contribution in [0.25, 0.3) is 0 Å². The number of aromatic nitrogens is 3. The molecule has 23 heavy (non-hydrogen) atoms. The zero-order chi connectivity index (χ0) is 16.4. The van der Waals surface area contributed by atoms with E-state index in [0.717, 1.165) is 44.0 Å². The summed E-state index contributed by atoms with van der Waals surface area (Å²) in [5.74, 6) is 0.591. The number of pyridine rings is 1. The number of aromatic amines is 1. The number of alkyl halides is 3. The molecule has 0 bridgehead atoms. The van der Waals surface area contributed by atoms with Gasteiger partial charge in [-0.15, -0.1) is 0 Å². The van der Waals surface area contributed by atoms with Crippen LogP contribution in [-0.4, -0.2) is 45.8 Å². The molecule has 0 unspecified atom stereocenters. The van der Waals surface area contributed by atoms with E-state index < -0.39 is 11.7 Å². The average molecular weight is 325 g/mol. The minimum Gasteiger partial charge on any atom is -0.351 e. The summed E-state index contributed by atoms with van der Waals surface area (Å²) in [4.78, 5) is 8.34. The summed E-state index contributed by atoms with van der Waals surface area (Å²) < 4.78 is 37.8. The van der Waals surface area contributed by atoms with Gasteiger partial charge >= 0.3 is 6.18 Å². The Hall–Kier alpha value is -2.09. The first-order valence-electron chi connectivity index (χ1n) is 7.43. The number of piperazine rings is 1. The number of nitrogens with zero attached hydrogens (tertiary/aromatic N) is 4. The van der Waals surface area contributed by atoms with Gasteiger partial charge in [-0.1, -0.05) is 0 Å². The molecular formula is C15H18F3N5. The summed E-state index contributed by atoms with van der Waals surface area (Å²) in [5, 5.41) is 6.73. The van der Waals surface area contributed by atoms with Crippen molar-refractivity contribution in [1.82, 2.24) is 20.1 Å². The Morgan fingerprint density at radius 2 is 2.09 bits per heavy atom. The molecule has 0 spiro atoms. The van der Waals surface area contributed by atoms with Crippen molar-refractivity contribution < 1.29 is 13.2 Å². The topological polar surface area (TPSA) is 48.1 Å². The lowest BCUT2D eigenvalue weighted by atomic mass is 10.1. The smallest absolute Gasteiger partial charge is 0.351 e. The van der Waals surface area contributed by atoms with Gasteiger partial charge in [0.05, 0.1) is 11.8 Å². The van der Waals surface area contributed by atoms with Crippen LogP contribution in [0.2, 0.25) is 0 Å². The third kappa shape index (κ3) is 3.64. The molecule has 3 rings (SSSR count). The van der Waals surface area contributed by atoms with Gasteiger partial charge in [0.15, 0.2) is 0 Å². The maximum absolute atomic E-state index is 12.6. The van der Waals surface area contributed by atoms with Crippen LogP contribution in [0.15, 0.2) is 30.7 Å². The van der Waals surface area contributed by atoms with Gasteiger partial charge in [0.1, 0.15) is 5.82 Å². The SMILES string of the molecule is C[C@@H]1CN(Cc2cn[nH]c2)CCN1c1ccc(C(F)(F)F)cn1. The highest BCUT2D eigenvalue weighted by Gasteiger charge is 2.31. The fourth-order valence-electron chi connectivity index (χ4n) is 2.86. The van der Waals surface area contributed by atoms with E-state index in [1.54, 1.807) is 6.20 Å². The average Bonchev–Trinajstić information content (AvgIpc) is 3.00. The molecule has 1 aliphatic rings. The van der Waals surface area contributed by atoms with Gasteiger partial charge in [-0.25, -0.2) is 4.98 Å². The van der Waals surface area contributed by atoms with Crippen molar-refractivity contribution in [3.8, 4) is 0 Å². The summed E-state index contributed by atoms with van der Waals surface area (Å²) in [6, 6.07) is 2.72. The minimum atomic E-state index is -4.35. The number of nitrogens with one attached hydrogen (secondary N) is 1. The fourth-order valence-corrected chi connectivity index (χ4v) is 2.86. The molecule has 1 fully saturated rings. The van der Waals surface area contributed by atoms with Crippen LogP contribution in [0.1, 0.15) is 18.1 Å². The van der Waals surface area contributed by atoms with Gasteiger partial charge in [0, 0.05) is 50.2 Å². The monoisotopic (exact) mass is 325 g/mol. The maximum Gasteiger partial charge on any atom is 0.417 e. The molecule has 0 aromatic carbocycles. The van der Waals surface area contributed by atoms with Crippen molar-refractivity contribution in [2.75, 3.05) is 24.5 Å². The Morgan fingerprint density at radius 1 is 1.26 bits per heavy atom. The molecule has 0 saturated carbocycles. The van der Waals surface area contributed by atoms with Crippen molar-refractivity contribution in [2.45, 2.75) is 25.7 Å². The lowest BCUT2D eigenvalue weighted by molar-refractivity contribution is -0.137. The molecule has 1 N–H and O–H groups in total. The number of hydrogen-bond acceptors (Lipinski definition) is 4. The van der Waals surface area contributed by atoms with E-state index in [9.17, 15) is 13.2 Å². The van der Waals surface area contributed by atoms with Gasteiger partial charge in [-0.3, -0.25) is 10.00 Å². The third-order valence-electron chi connectivity index (χ3n) is 4.04. The third-order valence-corrected chi connectivity index (χ3v) is 4.04. The number of halogens is 3. The molecule has 1 saturated heterocycles. The van der Waals surface area contributed by atoms with Crippen molar-refractivity contribution in [2.24, 2.45) is 0 Å². The van der Waals surface area contributed by atoms with Gasteiger partial charge < -0.3 is 4.90 Å². The highest BCUT2D eigenvalue weighted by molar-refractivity contribution is 5.41. The summed E-state index contributed by atoms with van der Waals surface area (Å²) in [6.45, 7) is 5.26. The molecule has 0 amide bonds. The standard InChI is InChI=1S/C15H18F3N5/c1-11-9-22(10-12-6-20-21-7-12)4-5-23(11)14-3-2-13(8-19-14)15(16,17)18/h2-3,6-8,11H,4-5,9-10H2,1H3,(H,20,21)/t11-/m1/s1. The van der Waals surface area contributed by atoms with E-state index in [0.29, 0.717) is 5.82 Å². The fraction of sp³-hybridized carbons (Fsp3) is 0.467. The molecule has 8 heteroatoms. The van der Waals surface area contributed by atoms with Crippen LogP contribution >= 0.6 is 0 Å². The highest BCUT2D eigenvalue weighted by atomic mass is 19.4. The van der Waals surface area contributed by atoms with Crippen LogP contribution in [0.5, 0.6) is 0 Å². The van der Waals surface area contributed by atoms with E-state index >= 15 is 0 Å². The van der Waals surface area contributed by atoms with Crippen LogP contribution < -0.4 is 4.90 Å². The Labute approximate surface area is 132 Å². The first kappa shape index (κ1) is 15.8. The van der Waals surface area contributed by atoms with Crippen molar-refractivity contribution >= 4 is 5.82 Å². The Morgan fingerprint density at radius 3 is 2.65 bits per heavy atom. The highest BCUT2D eigenvalue weighted by Crippen LogP contribution is 2.30. The van der Waals surface area contributed by atoms with Gasteiger partial charge in [-0.05, 0) is 19.1 Å². The lowest BCUT2D eigenvalue weighted by Crippen LogP contribution is -2.51. The summed E-state index contributed by atoms with van der Waals surface area (Å²) in [6.07, 6.45) is 0.225. The molecule has 2 aromatic rings. The molecule has 124 valence electrons. The molecule has 0 aliphatic carbocycles. The van der Waals surface area contributed by atoms with Gasteiger partial charge in [0.2, 0.25) is 0 Å². The van der Waals surface area contributed by atoms with E-state index in [2.05, 4.69) is 27.0 Å². The second-order valence-electron chi connectivity index (χ2n) is 5.79. The predicted molar refractivity (Wildman–Crippen MR) is 79.9 cm³/mol. The number of rotatable bonds is 3. The number of H-pyrrole nitrogens is 1. The van der Waals surface area contributed by atoms with E-state index in [1.165, 1.54) is 6.07 Å². The van der Waals surface area contributed by atoms with Crippen LogP contribution in [0, 0.1) is 0 Å². The van der Waals surface area contributed by atoms with Gasteiger partial charge in [0.25, 0.3) is 0 Å². The van der Waals surface area contributed by atoms with E-state index in [4.69, 9.17) is 0 Å².